The van der Waals surface area contributed by atoms with Crippen molar-refractivity contribution in [3.63, 3.8) is 0 Å². The second-order valence-electron chi connectivity index (χ2n) is 5.60. The van der Waals surface area contributed by atoms with Gasteiger partial charge in [0.05, 0.1) is 38.3 Å². The summed E-state index contributed by atoms with van der Waals surface area (Å²) in [6.45, 7) is 6.90. The number of ether oxygens (including phenoxy) is 2. The van der Waals surface area contributed by atoms with E-state index in [2.05, 4.69) is 0 Å². The Balaban J connectivity index is 1.71. The van der Waals surface area contributed by atoms with Gasteiger partial charge in [-0.2, -0.15) is 0 Å². The van der Waals surface area contributed by atoms with Crippen LogP contribution in [-0.4, -0.2) is 43.8 Å². The highest BCUT2D eigenvalue weighted by Crippen LogP contribution is 2.31. The lowest BCUT2D eigenvalue weighted by atomic mass is 10.1. The Morgan fingerprint density at radius 1 is 1.38 bits per heavy atom. The normalized spacial score (nSPS) is 19.0. The molecule has 1 saturated heterocycles. The lowest BCUT2D eigenvalue weighted by Crippen LogP contribution is -3.13. The third-order valence-corrected chi connectivity index (χ3v) is 4.33. The van der Waals surface area contributed by atoms with Gasteiger partial charge in [-0.05, 0) is 12.1 Å². The first-order chi connectivity index (χ1) is 10.1. The number of benzene rings is 1. The summed E-state index contributed by atoms with van der Waals surface area (Å²) in [6.07, 6.45) is 0. The average molecular weight is 312 g/mol. The van der Waals surface area contributed by atoms with Gasteiger partial charge in [-0.25, -0.2) is 0 Å². The van der Waals surface area contributed by atoms with Crippen LogP contribution in [-0.2, 0) is 22.7 Å². The SMILES string of the molecule is CC(=O)N1CC[NH+](Cc2cc(Cl)cc3c2OCOC3)CC1. The minimum absolute atomic E-state index is 0.162. The Morgan fingerprint density at radius 2 is 2.14 bits per heavy atom. The second-order valence-corrected chi connectivity index (χ2v) is 6.03. The van der Waals surface area contributed by atoms with Crippen molar-refractivity contribution in [3.05, 3.63) is 28.3 Å². The fraction of sp³-hybridized carbons (Fsp3) is 0.533. The number of carbonyl (C=O) groups is 1. The summed E-state index contributed by atoms with van der Waals surface area (Å²) < 4.78 is 11.0. The maximum absolute atomic E-state index is 11.4. The Morgan fingerprint density at radius 3 is 2.86 bits per heavy atom. The molecule has 1 N–H and O–H groups in total. The lowest BCUT2D eigenvalue weighted by molar-refractivity contribution is -0.917. The van der Waals surface area contributed by atoms with Gasteiger partial charge in [-0.1, -0.05) is 11.6 Å². The Kier molecular flexibility index (Phi) is 4.33. The number of nitrogens with one attached hydrogen (secondary N) is 1. The predicted molar refractivity (Wildman–Crippen MR) is 78.4 cm³/mol. The van der Waals surface area contributed by atoms with Crippen molar-refractivity contribution in [2.24, 2.45) is 0 Å². The van der Waals surface area contributed by atoms with Gasteiger partial charge in [-0.15, -0.1) is 0 Å². The number of quaternary nitrogens is 1. The molecule has 114 valence electrons. The van der Waals surface area contributed by atoms with Crippen LogP contribution in [0.25, 0.3) is 0 Å². The average Bonchev–Trinajstić information content (AvgIpc) is 2.47. The molecule has 2 aliphatic rings. The summed E-state index contributed by atoms with van der Waals surface area (Å²) in [6, 6.07) is 3.89. The number of halogens is 1. The molecule has 0 aliphatic carbocycles. The van der Waals surface area contributed by atoms with E-state index in [1.807, 2.05) is 17.0 Å². The van der Waals surface area contributed by atoms with Crippen LogP contribution < -0.4 is 9.64 Å². The smallest absolute Gasteiger partial charge is 0.219 e. The van der Waals surface area contributed by atoms with Crippen molar-refractivity contribution in [3.8, 4) is 5.75 Å². The molecule has 0 saturated carbocycles. The molecule has 2 heterocycles. The van der Waals surface area contributed by atoms with Gasteiger partial charge in [0, 0.05) is 17.5 Å². The molecule has 1 aromatic carbocycles. The number of carbonyl (C=O) groups excluding carboxylic acids is 1. The minimum Gasteiger partial charge on any atom is -0.467 e. The summed E-state index contributed by atoms with van der Waals surface area (Å²) in [4.78, 5) is 14.7. The molecule has 0 unspecified atom stereocenters. The van der Waals surface area contributed by atoms with Crippen LogP contribution in [0.1, 0.15) is 18.1 Å². The Labute approximate surface area is 129 Å². The van der Waals surface area contributed by atoms with Gasteiger partial charge < -0.3 is 19.3 Å². The van der Waals surface area contributed by atoms with Crippen LogP contribution in [0.5, 0.6) is 5.75 Å². The number of nitrogens with zero attached hydrogens (tertiary/aromatic N) is 1. The van der Waals surface area contributed by atoms with Crippen LogP contribution in [0.15, 0.2) is 12.1 Å². The number of hydrogen-bond donors (Lipinski definition) is 1. The number of fused-ring (bicyclic) bond motifs is 1. The summed E-state index contributed by atoms with van der Waals surface area (Å²) in [5, 5.41) is 0.722. The molecule has 1 aromatic rings. The molecule has 2 aliphatic heterocycles. The van der Waals surface area contributed by atoms with Crippen molar-refractivity contribution in [1.82, 2.24) is 4.90 Å². The van der Waals surface area contributed by atoms with E-state index in [1.54, 1.807) is 6.92 Å². The molecule has 0 bridgehead atoms. The quantitative estimate of drug-likeness (QED) is 0.862. The largest absolute Gasteiger partial charge is 0.467 e. The molecule has 21 heavy (non-hydrogen) atoms. The van der Waals surface area contributed by atoms with Crippen LogP contribution in [0.2, 0.25) is 5.02 Å². The van der Waals surface area contributed by atoms with Crippen LogP contribution in [0, 0.1) is 0 Å². The van der Waals surface area contributed by atoms with Crippen LogP contribution in [0.3, 0.4) is 0 Å². The van der Waals surface area contributed by atoms with E-state index in [0.29, 0.717) is 13.4 Å². The topological polar surface area (TPSA) is 43.2 Å². The first-order valence-electron chi connectivity index (χ1n) is 7.24. The number of hydrogen-bond acceptors (Lipinski definition) is 3. The highest BCUT2D eigenvalue weighted by molar-refractivity contribution is 6.30. The lowest BCUT2D eigenvalue weighted by Gasteiger charge is -2.32. The number of piperazine rings is 1. The molecule has 6 heteroatoms. The summed E-state index contributed by atoms with van der Waals surface area (Å²) >= 11 is 6.19. The zero-order chi connectivity index (χ0) is 14.8. The molecular formula is C15H20ClN2O3+. The zero-order valence-corrected chi connectivity index (χ0v) is 12.9. The maximum Gasteiger partial charge on any atom is 0.219 e. The summed E-state index contributed by atoms with van der Waals surface area (Å²) in [7, 11) is 0. The summed E-state index contributed by atoms with van der Waals surface area (Å²) in [5.74, 6) is 1.09. The fourth-order valence-corrected chi connectivity index (χ4v) is 3.24. The van der Waals surface area contributed by atoms with E-state index in [9.17, 15) is 4.79 Å². The van der Waals surface area contributed by atoms with Gasteiger partial charge in [0.15, 0.2) is 6.79 Å². The van der Waals surface area contributed by atoms with E-state index >= 15 is 0 Å². The third-order valence-electron chi connectivity index (χ3n) is 4.11. The van der Waals surface area contributed by atoms with E-state index < -0.39 is 0 Å². The number of rotatable bonds is 2. The van der Waals surface area contributed by atoms with Crippen molar-refractivity contribution in [2.45, 2.75) is 20.1 Å². The highest BCUT2D eigenvalue weighted by atomic mass is 35.5. The predicted octanol–water partition coefficient (Wildman–Crippen LogP) is 0.454. The van der Waals surface area contributed by atoms with E-state index in [4.69, 9.17) is 21.1 Å². The van der Waals surface area contributed by atoms with E-state index in [1.165, 1.54) is 4.90 Å². The standard InChI is InChI=1S/C15H19ClN2O3/c1-11(19)18-4-2-17(3-5-18)8-12-6-14(16)7-13-9-20-10-21-15(12)13/h6-7H,2-5,8-10H2,1H3/p+1. The molecular weight excluding hydrogens is 292 g/mol. The fourth-order valence-electron chi connectivity index (χ4n) is 2.97. The zero-order valence-electron chi connectivity index (χ0n) is 12.2. The van der Waals surface area contributed by atoms with Crippen LogP contribution >= 0.6 is 11.6 Å². The Bertz CT molecular complexity index is 542. The van der Waals surface area contributed by atoms with Crippen molar-refractivity contribution in [1.29, 1.82) is 0 Å². The van der Waals surface area contributed by atoms with Crippen molar-refractivity contribution < 1.29 is 19.2 Å². The van der Waals surface area contributed by atoms with Gasteiger partial charge in [-0.3, -0.25) is 4.79 Å². The van der Waals surface area contributed by atoms with Crippen molar-refractivity contribution in [2.75, 3.05) is 33.0 Å². The number of amides is 1. The maximum atomic E-state index is 11.4. The molecule has 3 rings (SSSR count). The molecule has 0 spiro atoms. The van der Waals surface area contributed by atoms with Gasteiger partial charge in [0.2, 0.25) is 5.91 Å². The van der Waals surface area contributed by atoms with Gasteiger partial charge >= 0.3 is 0 Å². The third kappa shape index (κ3) is 3.31. The first-order valence-corrected chi connectivity index (χ1v) is 7.62. The van der Waals surface area contributed by atoms with Crippen LogP contribution in [0.4, 0.5) is 0 Å². The second kappa shape index (κ2) is 6.22. The monoisotopic (exact) mass is 311 g/mol. The molecule has 5 nitrogen and oxygen atoms in total. The Hall–Kier alpha value is -1.30. The molecule has 0 radical (unpaired) electrons. The molecule has 1 amide bonds. The molecule has 0 atom stereocenters. The molecule has 1 fully saturated rings. The van der Waals surface area contributed by atoms with E-state index in [0.717, 1.165) is 54.6 Å². The van der Waals surface area contributed by atoms with Gasteiger partial charge in [0.25, 0.3) is 0 Å². The first kappa shape index (κ1) is 14.6. The minimum atomic E-state index is 0.162. The molecule has 0 aromatic heterocycles. The highest BCUT2D eigenvalue weighted by Gasteiger charge is 2.24. The van der Waals surface area contributed by atoms with Gasteiger partial charge in [0.1, 0.15) is 12.3 Å². The van der Waals surface area contributed by atoms with E-state index in [-0.39, 0.29) is 5.91 Å². The summed E-state index contributed by atoms with van der Waals surface area (Å²) in [5.41, 5.74) is 2.15. The van der Waals surface area contributed by atoms with Crippen molar-refractivity contribution >= 4 is 17.5 Å².